The number of halogens is 2. The molecule has 4 aromatic carbocycles. The van der Waals surface area contributed by atoms with Gasteiger partial charge in [-0.05, 0) is 66.4 Å². The van der Waals surface area contributed by atoms with Gasteiger partial charge in [0.25, 0.3) is 10.0 Å². The van der Waals surface area contributed by atoms with Crippen LogP contribution in [0.15, 0.2) is 114 Å². The summed E-state index contributed by atoms with van der Waals surface area (Å²) in [6.07, 6.45) is 4.12. The van der Waals surface area contributed by atoms with E-state index in [1.165, 1.54) is 35.2 Å². The molecule has 5 rings (SSSR count). The molecule has 0 saturated heterocycles. The monoisotopic (exact) mass is 663 g/mol. The van der Waals surface area contributed by atoms with Crippen molar-refractivity contribution >= 4 is 50.7 Å². The van der Waals surface area contributed by atoms with Gasteiger partial charge in [-0.15, -0.1) is 0 Å². The van der Waals surface area contributed by atoms with Crippen LogP contribution < -0.4 is 9.62 Å². The minimum Gasteiger partial charge on any atom is -0.352 e. The Kier molecular flexibility index (Phi) is 10.8. The van der Waals surface area contributed by atoms with E-state index in [1.54, 1.807) is 18.2 Å². The van der Waals surface area contributed by atoms with Crippen LogP contribution in [0.3, 0.4) is 0 Å². The van der Waals surface area contributed by atoms with Gasteiger partial charge in [0, 0.05) is 29.1 Å². The molecule has 234 valence electrons. The first-order valence-corrected chi connectivity index (χ1v) is 17.1. The van der Waals surface area contributed by atoms with Crippen molar-refractivity contribution in [1.29, 1.82) is 0 Å². The summed E-state index contributed by atoms with van der Waals surface area (Å²) >= 11 is 12.3. The van der Waals surface area contributed by atoms with Crippen molar-refractivity contribution in [2.75, 3.05) is 10.8 Å². The molecule has 45 heavy (non-hydrogen) atoms. The molecule has 0 bridgehead atoms. The van der Waals surface area contributed by atoms with E-state index in [0.29, 0.717) is 10.0 Å². The first kappa shape index (κ1) is 32.5. The molecule has 1 fully saturated rings. The van der Waals surface area contributed by atoms with E-state index in [2.05, 4.69) is 5.32 Å². The van der Waals surface area contributed by atoms with Gasteiger partial charge in [0.1, 0.15) is 12.6 Å². The molecule has 1 aliphatic rings. The third-order valence-electron chi connectivity index (χ3n) is 7.95. The highest BCUT2D eigenvalue weighted by molar-refractivity contribution is 7.92. The highest BCUT2D eigenvalue weighted by Gasteiger charge is 2.35. The average Bonchev–Trinajstić information content (AvgIpc) is 3.55. The Morgan fingerprint density at radius 3 is 2.02 bits per heavy atom. The molecule has 7 nitrogen and oxygen atoms in total. The number of carbonyl (C=O) groups excluding carboxylic acids is 2. The number of nitrogens with one attached hydrogen (secondary N) is 1. The number of nitrogens with zero attached hydrogens (tertiary/aromatic N) is 2. The third-order valence-corrected chi connectivity index (χ3v) is 10.2. The van der Waals surface area contributed by atoms with Crippen LogP contribution in [0.5, 0.6) is 0 Å². The number of hydrogen-bond donors (Lipinski definition) is 1. The molecule has 1 atom stereocenters. The van der Waals surface area contributed by atoms with Gasteiger partial charge in [-0.25, -0.2) is 8.42 Å². The lowest BCUT2D eigenvalue weighted by Crippen LogP contribution is -2.54. The lowest BCUT2D eigenvalue weighted by Gasteiger charge is -2.34. The second kappa shape index (κ2) is 15.0. The third kappa shape index (κ3) is 8.45. The van der Waals surface area contributed by atoms with Crippen LogP contribution in [0.25, 0.3) is 0 Å². The van der Waals surface area contributed by atoms with Crippen LogP contribution in [0.1, 0.15) is 36.8 Å². The molecule has 1 aliphatic carbocycles. The van der Waals surface area contributed by atoms with Crippen LogP contribution in [0, 0.1) is 0 Å². The Balaban J connectivity index is 1.55. The van der Waals surface area contributed by atoms with Crippen molar-refractivity contribution in [2.24, 2.45) is 0 Å². The number of sulfonamides is 1. The van der Waals surface area contributed by atoms with E-state index in [9.17, 15) is 18.0 Å². The zero-order chi connectivity index (χ0) is 31.8. The molecule has 0 aromatic heterocycles. The normalized spacial score (nSPS) is 14.1. The number of hydrogen-bond acceptors (Lipinski definition) is 4. The molecule has 2 amide bonds. The van der Waals surface area contributed by atoms with Crippen molar-refractivity contribution in [1.82, 2.24) is 10.2 Å². The van der Waals surface area contributed by atoms with E-state index in [-0.39, 0.29) is 35.5 Å². The van der Waals surface area contributed by atoms with Crippen molar-refractivity contribution in [3.8, 4) is 0 Å². The molecule has 0 heterocycles. The van der Waals surface area contributed by atoms with Crippen LogP contribution in [-0.4, -0.2) is 43.8 Å². The Hall–Kier alpha value is -3.85. The molecule has 0 radical (unpaired) electrons. The SMILES string of the molecule is O=C(NC1CCCC1)[C@@H](Cc1ccccc1)N(Cc1ccccc1)C(=O)CN(c1cccc(Cl)c1)S(=O)(=O)c1ccc(Cl)cc1. The smallest absolute Gasteiger partial charge is 0.264 e. The van der Waals surface area contributed by atoms with E-state index in [4.69, 9.17) is 23.2 Å². The number of rotatable bonds is 12. The standard InChI is InChI=1S/C35H35Cl2N3O4S/c36-28-18-20-32(21-19-28)45(43,44)40(31-17-9-14-29(37)23-31)25-34(41)39(24-27-12-5-2-6-13-27)33(22-26-10-3-1-4-11-26)35(42)38-30-15-7-8-16-30/h1-6,9-14,17-21,23,30,33H,7-8,15-16,22,24-25H2,(H,38,42)/t33-/m1/s1. The second-order valence-corrected chi connectivity index (χ2v) is 13.9. The fraction of sp³-hybridized carbons (Fsp3) is 0.257. The lowest BCUT2D eigenvalue weighted by molar-refractivity contribution is -0.140. The summed E-state index contributed by atoms with van der Waals surface area (Å²) in [5.41, 5.74) is 1.92. The average molecular weight is 665 g/mol. The fourth-order valence-electron chi connectivity index (χ4n) is 5.60. The van der Waals surface area contributed by atoms with E-state index >= 15 is 0 Å². The van der Waals surface area contributed by atoms with Gasteiger partial charge in [0.15, 0.2) is 0 Å². The van der Waals surface area contributed by atoms with E-state index in [0.717, 1.165) is 41.1 Å². The highest BCUT2D eigenvalue weighted by Crippen LogP contribution is 2.28. The maximum absolute atomic E-state index is 14.5. The molecular weight excluding hydrogens is 629 g/mol. The summed E-state index contributed by atoms with van der Waals surface area (Å²) in [6, 6.07) is 30.2. The first-order chi connectivity index (χ1) is 21.7. The van der Waals surface area contributed by atoms with Crippen LogP contribution >= 0.6 is 23.2 Å². The van der Waals surface area contributed by atoms with Gasteiger partial charge in [0.05, 0.1) is 10.6 Å². The largest absolute Gasteiger partial charge is 0.352 e. The second-order valence-electron chi connectivity index (χ2n) is 11.1. The van der Waals surface area contributed by atoms with Gasteiger partial charge in [-0.3, -0.25) is 13.9 Å². The van der Waals surface area contributed by atoms with Crippen LogP contribution in [0.2, 0.25) is 10.0 Å². The molecule has 10 heteroatoms. The number of amides is 2. The van der Waals surface area contributed by atoms with Crippen LogP contribution in [-0.2, 0) is 32.6 Å². The molecule has 1 N–H and O–H groups in total. The topological polar surface area (TPSA) is 86.8 Å². The molecule has 0 unspecified atom stereocenters. The zero-order valence-electron chi connectivity index (χ0n) is 24.7. The first-order valence-electron chi connectivity index (χ1n) is 14.9. The quantitative estimate of drug-likeness (QED) is 0.179. The highest BCUT2D eigenvalue weighted by atomic mass is 35.5. The van der Waals surface area contributed by atoms with Gasteiger partial charge < -0.3 is 10.2 Å². The Labute approximate surface area is 274 Å². The predicted octanol–water partition coefficient (Wildman–Crippen LogP) is 6.89. The molecule has 1 saturated carbocycles. The van der Waals surface area contributed by atoms with E-state index in [1.807, 2.05) is 60.7 Å². The Morgan fingerprint density at radius 2 is 1.40 bits per heavy atom. The van der Waals surface area contributed by atoms with Crippen molar-refractivity contribution < 1.29 is 18.0 Å². The van der Waals surface area contributed by atoms with Crippen molar-refractivity contribution in [2.45, 2.75) is 55.6 Å². The van der Waals surface area contributed by atoms with E-state index < -0.39 is 28.5 Å². The molecular formula is C35H35Cl2N3O4S. The summed E-state index contributed by atoms with van der Waals surface area (Å²) in [5, 5.41) is 3.87. The van der Waals surface area contributed by atoms with Gasteiger partial charge in [-0.1, -0.05) is 103 Å². The number of anilines is 1. The fourth-order valence-corrected chi connectivity index (χ4v) is 7.31. The molecule has 0 aliphatic heterocycles. The molecule has 0 spiro atoms. The predicted molar refractivity (Wildman–Crippen MR) is 179 cm³/mol. The lowest BCUT2D eigenvalue weighted by atomic mass is 10.0. The minimum absolute atomic E-state index is 0.0332. The van der Waals surface area contributed by atoms with Gasteiger partial charge in [-0.2, -0.15) is 0 Å². The summed E-state index contributed by atoms with van der Waals surface area (Å²) in [5.74, 6) is -0.788. The molecule has 4 aromatic rings. The minimum atomic E-state index is -4.24. The van der Waals surface area contributed by atoms with Crippen molar-refractivity contribution in [3.05, 3.63) is 130 Å². The Bertz CT molecular complexity index is 1700. The van der Waals surface area contributed by atoms with Crippen LogP contribution in [0.4, 0.5) is 5.69 Å². The van der Waals surface area contributed by atoms with Gasteiger partial charge >= 0.3 is 0 Å². The van der Waals surface area contributed by atoms with Gasteiger partial charge in [0.2, 0.25) is 11.8 Å². The maximum atomic E-state index is 14.5. The summed E-state index contributed by atoms with van der Waals surface area (Å²) in [6.45, 7) is -0.445. The number of carbonyl (C=O) groups is 2. The summed E-state index contributed by atoms with van der Waals surface area (Å²) < 4.78 is 29.2. The summed E-state index contributed by atoms with van der Waals surface area (Å²) in [4.78, 5) is 30.0. The number of benzene rings is 4. The summed E-state index contributed by atoms with van der Waals surface area (Å²) in [7, 11) is -4.24. The maximum Gasteiger partial charge on any atom is 0.264 e. The Morgan fingerprint density at radius 1 is 0.778 bits per heavy atom. The zero-order valence-corrected chi connectivity index (χ0v) is 27.0. The van der Waals surface area contributed by atoms with Crippen molar-refractivity contribution in [3.63, 3.8) is 0 Å².